The summed E-state index contributed by atoms with van der Waals surface area (Å²) in [4.78, 5) is 0. The molecule has 1 atom stereocenters. The van der Waals surface area contributed by atoms with Crippen LogP contribution in [0.1, 0.15) is 50.2 Å². The summed E-state index contributed by atoms with van der Waals surface area (Å²) in [6, 6.07) is 13.3. The first-order valence-corrected chi connectivity index (χ1v) is 7.01. The summed E-state index contributed by atoms with van der Waals surface area (Å²) in [7, 11) is 0. The summed E-state index contributed by atoms with van der Waals surface area (Å²) >= 11 is 0. The highest BCUT2D eigenvalue weighted by atomic mass is 14.3. The number of unbranched alkanes of at least 4 members (excludes halogenated alkanes) is 1. The molecular formula is C18H20. The van der Waals surface area contributed by atoms with E-state index in [1.165, 1.54) is 41.2 Å². The molecule has 0 saturated heterocycles. The third-order valence-electron chi connectivity index (χ3n) is 4.09. The molecule has 2 aromatic carbocycles. The third-order valence-corrected chi connectivity index (χ3v) is 4.09. The summed E-state index contributed by atoms with van der Waals surface area (Å²) in [5, 5.41) is 2.82. The predicted octanol–water partition coefficient (Wildman–Crippen LogP) is 5.53. The Morgan fingerprint density at radius 2 is 1.89 bits per heavy atom. The Labute approximate surface area is 109 Å². The number of hydrogen-bond acceptors (Lipinski definition) is 0. The molecule has 0 amide bonds. The van der Waals surface area contributed by atoms with Crippen molar-refractivity contribution in [3.8, 4) is 0 Å². The fraction of sp³-hybridized carbons (Fsp3) is 0.333. The number of hydrogen-bond donors (Lipinski definition) is 0. The van der Waals surface area contributed by atoms with E-state index in [0.29, 0.717) is 5.92 Å². The van der Waals surface area contributed by atoms with Crippen molar-refractivity contribution in [2.24, 2.45) is 0 Å². The summed E-state index contributed by atoms with van der Waals surface area (Å²) in [5.41, 5.74) is 4.49. The highest BCUT2D eigenvalue weighted by molar-refractivity contribution is 5.93. The van der Waals surface area contributed by atoms with Gasteiger partial charge in [-0.05, 0) is 40.8 Å². The van der Waals surface area contributed by atoms with Crippen LogP contribution in [0.5, 0.6) is 0 Å². The van der Waals surface area contributed by atoms with Crippen molar-refractivity contribution in [3.05, 3.63) is 53.6 Å². The maximum absolute atomic E-state index is 2.47. The Morgan fingerprint density at radius 3 is 2.72 bits per heavy atom. The molecule has 0 heterocycles. The van der Waals surface area contributed by atoms with Gasteiger partial charge in [-0.25, -0.2) is 0 Å². The molecule has 1 aliphatic rings. The lowest BCUT2D eigenvalue weighted by Crippen LogP contribution is -1.95. The molecule has 0 bridgehead atoms. The van der Waals surface area contributed by atoms with Crippen LogP contribution in [0.2, 0.25) is 0 Å². The minimum Gasteiger partial charge on any atom is -0.0734 e. The van der Waals surface area contributed by atoms with Crippen molar-refractivity contribution < 1.29 is 0 Å². The maximum Gasteiger partial charge on any atom is 0.00360 e. The van der Waals surface area contributed by atoms with Gasteiger partial charge in [0.1, 0.15) is 0 Å². The minimum absolute atomic E-state index is 0.631. The highest BCUT2D eigenvalue weighted by Gasteiger charge is 2.22. The predicted molar refractivity (Wildman–Crippen MR) is 79.9 cm³/mol. The van der Waals surface area contributed by atoms with Crippen LogP contribution in [-0.4, -0.2) is 0 Å². The largest absolute Gasteiger partial charge is 0.0734 e. The zero-order chi connectivity index (χ0) is 12.5. The Hall–Kier alpha value is -1.56. The van der Waals surface area contributed by atoms with Crippen molar-refractivity contribution in [1.29, 1.82) is 0 Å². The standard InChI is InChI=1S/C18H20/c1-3-4-7-15-12-13(2)16-11-10-14-8-5-6-9-17(14)18(15)16/h5-6,8-12,15H,3-4,7H2,1-2H3. The maximum atomic E-state index is 2.47. The monoisotopic (exact) mass is 236 g/mol. The average Bonchev–Trinajstić information content (AvgIpc) is 2.73. The van der Waals surface area contributed by atoms with Crippen molar-refractivity contribution in [3.63, 3.8) is 0 Å². The van der Waals surface area contributed by atoms with Crippen LogP contribution in [0.4, 0.5) is 0 Å². The van der Waals surface area contributed by atoms with Gasteiger partial charge >= 0.3 is 0 Å². The molecule has 0 aromatic heterocycles. The van der Waals surface area contributed by atoms with E-state index in [-0.39, 0.29) is 0 Å². The normalized spacial score (nSPS) is 17.9. The van der Waals surface area contributed by atoms with Gasteiger partial charge in [0.15, 0.2) is 0 Å². The molecule has 0 spiro atoms. The van der Waals surface area contributed by atoms with Crippen molar-refractivity contribution in [2.75, 3.05) is 0 Å². The highest BCUT2D eigenvalue weighted by Crippen LogP contribution is 2.42. The molecule has 92 valence electrons. The zero-order valence-corrected chi connectivity index (χ0v) is 11.2. The Balaban J connectivity index is 2.15. The molecular weight excluding hydrogens is 216 g/mol. The molecule has 0 aliphatic heterocycles. The van der Waals surface area contributed by atoms with E-state index in [2.05, 4.69) is 56.3 Å². The topological polar surface area (TPSA) is 0 Å². The van der Waals surface area contributed by atoms with Gasteiger partial charge in [-0.15, -0.1) is 0 Å². The van der Waals surface area contributed by atoms with Crippen molar-refractivity contribution >= 4 is 16.3 Å². The van der Waals surface area contributed by atoms with Gasteiger partial charge in [0, 0.05) is 5.92 Å². The summed E-state index contributed by atoms with van der Waals surface area (Å²) in [5.74, 6) is 0.631. The number of allylic oxidation sites excluding steroid dienone is 2. The molecule has 2 aromatic rings. The van der Waals surface area contributed by atoms with Crippen molar-refractivity contribution in [1.82, 2.24) is 0 Å². The van der Waals surface area contributed by atoms with Crippen LogP contribution in [0, 0.1) is 0 Å². The second-order valence-electron chi connectivity index (χ2n) is 5.35. The van der Waals surface area contributed by atoms with E-state index in [9.17, 15) is 0 Å². The van der Waals surface area contributed by atoms with Gasteiger partial charge in [0.25, 0.3) is 0 Å². The number of benzene rings is 2. The van der Waals surface area contributed by atoms with Crippen LogP contribution in [0.25, 0.3) is 16.3 Å². The molecule has 0 nitrogen and oxygen atoms in total. The molecule has 0 fully saturated rings. The summed E-state index contributed by atoms with van der Waals surface area (Å²) < 4.78 is 0. The first-order chi connectivity index (χ1) is 8.81. The van der Waals surface area contributed by atoms with E-state index >= 15 is 0 Å². The van der Waals surface area contributed by atoms with Gasteiger partial charge in [-0.3, -0.25) is 0 Å². The van der Waals surface area contributed by atoms with E-state index in [0.717, 1.165) is 0 Å². The van der Waals surface area contributed by atoms with Crippen LogP contribution < -0.4 is 0 Å². The van der Waals surface area contributed by atoms with Gasteiger partial charge in [0.2, 0.25) is 0 Å². The molecule has 1 aliphatic carbocycles. The Bertz CT molecular complexity index is 604. The SMILES string of the molecule is CCCCC1C=C(C)c2ccc3ccccc3c21. The lowest BCUT2D eigenvalue weighted by Gasteiger charge is -2.13. The first-order valence-electron chi connectivity index (χ1n) is 7.01. The molecule has 3 rings (SSSR count). The van der Waals surface area contributed by atoms with Gasteiger partial charge in [-0.1, -0.05) is 62.2 Å². The quantitative estimate of drug-likeness (QED) is 0.657. The summed E-state index contributed by atoms with van der Waals surface area (Å²) in [6.07, 6.45) is 6.35. The lowest BCUT2D eigenvalue weighted by atomic mass is 9.90. The first kappa shape index (κ1) is 11.5. The fourth-order valence-electron chi connectivity index (χ4n) is 3.17. The Morgan fingerprint density at radius 1 is 1.06 bits per heavy atom. The van der Waals surface area contributed by atoms with Crippen LogP contribution >= 0.6 is 0 Å². The van der Waals surface area contributed by atoms with E-state index in [4.69, 9.17) is 0 Å². The lowest BCUT2D eigenvalue weighted by molar-refractivity contribution is 0.672. The molecule has 0 radical (unpaired) electrons. The van der Waals surface area contributed by atoms with Crippen LogP contribution in [0.15, 0.2) is 42.5 Å². The molecule has 0 N–H and O–H groups in total. The van der Waals surface area contributed by atoms with E-state index in [1.807, 2.05) is 0 Å². The number of fused-ring (bicyclic) bond motifs is 3. The smallest absolute Gasteiger partial charge is 0.00360 e. The van der Waals surface area contributed by atoms with Crippen molar-refractivity contribution in [2.45, 2.75) is 39.0 Å². The molecule has 0 saturated carbocycles. The number of rotatable bonds is 3. The van der Waals surface area contributed by atoms with Crippen LogP contribution in [0.3, 0.4) is 0 Å². The second kappa shape index (κ2) is 4.61. The van der Waals surface area contributed by atoms with Crippen LogP contribution in [-0.2, 0) is 0 Å². The van der Waals surface area contributed by atoms with E-state index in [1.54, 1.807) is 5.56 Å². The molecule has 18 heavy (non-hydrogen) atoms. The second-order valence-corrected chi connectivity index (χ2v) is 5.35. The summed E-state index contributed by atoms with van der Waals surface area (Å²) in [6.45, 7) is 4.52. The van der Waals surface area contributed by atoms with E-state index < -0.39 is 0 Å². The van der Waals surface area contributed by atoms with Gasteiger partial charge in [0.05, 0.1) is 0 Å². The van der Waals surface area contributed by atoms with Gasteiger partial charge < -0.3 is 0 Å². The van der Waals surface area contributed by atoms with Gasteiger partial charge in [-0.2, -0.15) is 0 Å². The molecule has 1 unspecified atom stereocenters. The fourth-order valence-corrected chi connectivity index (χ4v) is 3.17. The zero-order valence-electron chi connectivity index (χ0n) is 11.2. The average molecular weight is 236 g/mol. The third kappa shape index (κ3) is 1.77. The molecule has 0 heteroatoms. The minimum atomic E-state index is 0.631. The Kier molecular flexibility index (Phi) is 2.95.